The number of anilines is 1. The molecule has 2 aromatic carbocycles. The topological polar surface area (TPSA) is 75.3 Å². The highest BCUT2D eigenvalue weighted by atomic mass is 32.2. The number of hydrogen-bond acceptors (Lipinski definition) is 5. The maximum Gasteiger partial charge on any atom is 0.242 e. The molecule has 0 aliphatic heterocycles. The van der Waals surface area contributed by atoms with Crippen LogP contribution in [0.5, 0.6) is 0 Å². The van der Waals surface area contributed by atoms with E-state index in [2.05, 4.69) is 10.0 Å². The summed E-state index contributed by atoms with van der Waals surface area (Å²) in [4.78, 5) is 13.9. The molecule has 0 aliphatic carbocycles. The average molecular weight is 425 g/mol. The quantitative estimate of drug-likeness (QED) is 0.600. The van der Waals surface area contributed by atoms with E-state index in [9.17, 15) is 13.2 Å². The van der Waals surface area contributed by atoms with Crippen molar-refractivity contribution in [2.45, 2.75) is 29.2 Å². The van der Waals surface area contributed by atoms with Crippen molar-refractivity contribution < 1.29 is 13.2 Å². The van der Waals surface area contributed by atoms with Crippen LogP contribution in [0.15, 0.2) is 58.3 Å². The molecule has 0 radical (unpaired) electrons. The van der Waals surface area contributed by atoms with Crippen molar-refractivity contribution in [2.75, 3.05) is 23.6 Å². The summed E-state index contributed by atoms with van der Waals surface area (Å²) in [6, 6.07) is 13.2. The van der Waals surface area contributed by atoms with Gasteiger partial charge in [0.1, 0.15) is 6.04 Å². The Morgan fingerprint density at radius 1 is 1.11 bits per heavy atom. The minimum absolute atomic E-state index is 0.152. The minimum Gasteiger partial charge on any atom is -0.325 e. The number of aryl methyl sites for hydroxylation is 1. The lowest BCUT2D eigenvalue weighted by atomic mass is 10.2. The summed E-state index contributed by atoms with van der Waals surface area (Å²) in [5, 5.41) is 2.82. The smallest absolute Gasteiger partial charge is 0.242 e. The summed E-state index contributed by atoms with van der Waals surface area (Å²) in [6.45, 7) is 1.89. The third kappa shape index (κ3) is 6.57. The number of rotatable bonds is 9. The van der Waals surface area contributed by atoms with Crippen LogP contribution >= 0.6 is 23.5 Å². The Morgan fingerprint density at radius 2 is 1.81 bits per heavy atom. The predicted octanol–water partition coefficient (Wildman–Crippen LogP) is 3.76. The lowest BCUT2D eigenvalue weighted by Gasteiger charge is -2.18. The van der Waals surface area contributed by atoms with Gasteiger partial charge in [-0.05, 0) is 61.9 Å². The van der Waals surface area contributed by atoms with Crippen LogP contribution in [-0.4, -0.2) is 38.6 Å². The standard InChI is InChI=1S/C19H24N2O3S3/c1-14-7-9-17(10-8-14)27(23,24)21-18(11-12-25-2)19(22)20-15-5-4-6-16(13-15)26-3/h4-10,13,18,21H,11-12H2,1-3H3,(H,20,22). The fourth-order valence-electron chi connectivity index (χ4n) is 2.38. The summed E-state index contributed by atoms with van der Waals surface area (Å²) in [5.41, 5.74) is 1.62. The first kappa shape index (κ1) is 21.8. The second kappa shape index (κ2) is 10.2. The highest BCUT2D eigenvalue weighted by Crippen LogP contribution is 2.20. The molecule has 0 bridgehead atoms. The molecule has 27 heavy (non-hydrogen) atoms. The van der Waals surface area contributed by atoms with Crippen LogP contribution in [0.25, 0.3) is 0 Å². The van der Waals surface area contributed by atoms with Gasteiger partial charge in [-0.25, -0.2) is 8.42 Å². The number of carbonyl (C=O) groups is 1. The molecule has 146 valence electrons. The van der Waals surface area contributed by atoms with Crippen LogP contribution in [0.2, 0.25) is 0 Å². The molecule has 0 saturated carbocycles. The highest BCUT2D eigenvalue weighted by Gasteiger charge is 2.25. The first-order valence-electron chi connectivity index (χ1n) is 8.38. The Labute approximate surface area is 169 Å². The van der Waals surface area contributed by atoms with Crippen molar-refractivity contribution in [1.82, 2.24) is 4.72 Å². The first-order valence-corrected chi connectivity index (χ1v) is 12.5. The molecule has 2 rings (SSSR count). The predicted molar refractivity (Wildman–Crippen MR) is 115 cm³/mol. The molecule has 2 N–H and O–H groups in total. The van der Waals surface area contributed by atoms with Crippen molar-refractivity contribution in [3.63, 3.8) is 0 Å². The van der Waals surface area contributed by atoms with Crippen molar-refractivity contribution >= 4 is 45.1 Å². The molecule has 0 saturated heterocycles. The maximum atomic E-state index is 12.7. The van der Waals surface area contributed by atoms with Gasteiger partial charge in [0.2, 0.25) is 15.9 Å². The third-order valence-corrected chi connectivity index (χ3v) is 6.75. The number of amides is 1. The lowest BCUT2D eigenvalue weighted by molar-refractivity contribution is -0.117. The van der Waals surface area contributed by atoms with Gasteiger partial charge in [0.05, 0.1) is 4.90 Å². The lowest BCUT2D eigenvalue weighted by Crippen LogP contribution is -2.44. The molecule has 0 aromatic heterocycles. The van der Waals surface area contributed by atoms with Gasteiger partial charge >= 0.3 is 0 Å². The van der Waals surface area contributed by atoms with Gasteiger partial charge in [0.15, 0.2) is 0 Å². The third-order valence-electron chi connectivity index (χ3n) is 3.89. The summed E-state index contributed by atoms with van der Waals surface area (Å²) in [6.07, 6.45) is 4.28. The van der Waals surface area contributed by atoms with Crippen LogP contribution in [0, 0.1) is 6.92 Å². The SMILES string of the molecule is CSCCC(NS(=O)(=O)c1ccc(C)cc1)C(=O)Nc1cccc(SC)c1. The molecular weight excluding hydrogens is 400 g/mol. The van der Waals surface area contributed by atoms with Gasteiger partial charge < -0.3 is 5.32 Å². The van der Waals surface area contributed by atoms with Crippen molar-refractivity contribution in [3.8, 4) is 0 Å². The molecule has 1 unspecified atom stereocenters. The molecule has 0 fully saturated rings. The molecule has 5 nitrogen and oxygen atoms in total. The van der Waals surface area contributed by atoms with E-state index in [0.29, 0.717) is 17.9 Å². The number of hydrogen-bond donors (Lipinski definition) is 2. The van der Waals surface area contributed by atoms with E-state index in [1.165, 1.54) is 0 Å². The zero-order valence-corrected chi connectivity index (χ0v) is 18.0. The maximum absolute atomic E-state index is 12.7. The second-order valence-electron chi connectivity index (χ2n) is 5.99. The fourth-order valence-corrected chi connectivity index (χ4v) is 4.54. The number of thioether (sulfide) groups is 2. The Morgan fingerprint density at radius 3 is 2.44 bits per heavy atom. The summed E-state index contributed by atoms with van der Waals surface area (Å²) in [5.74, 6) is 0.303. The van der Waals surface area contributed by atoms with Crippen LogP contribution in [0.3, 0.4) is 0 Å². The number of nitrogens with one attached hydrogen (secondary N) is 2. The van der Waals surface area contributed by atoms with Gasteiger partial charge in [-0.2, -0.15) is 16.5 Å². The molecule has 0 spiro atoms. The van der Waals surface area contributed by atoms with Crippen LogP contribution in [0.4, 0.5) is 5.69 Å². The Bertz CT molecular complexity index is 868. The summed E-state index contributed by atoms with van der Waals surface area (Å²) < 4.78 is 27.9. The van der Waals surface area contributed by atoms with Gasteiger partial charge in [-0.15, -0.1) is 11.8 Å². The van der Waals surface area contributed by atoms with E-state index >= 15 is 0 Å². The van der Waals surface area contributed by atoms with Gasteiger partial charge in [-0.3, -0.25) is 4.79 Å². The summed E-state index contributed by atoms with van der Waals surface area (Å²) >= 11 is 3.14. The second-order valence-corrected chi connectivity index (χ2v) is 9.57. The molecule has 0 aliphatic rings. The van der Waals surface area contributed by atoms with Crippen molar-refractivity contribution in [2.24, 2.45) is 0 Å². The van der Waals surface area contributed by atoms with Crippen molar-refractivity contribution in [1.29, 1.82) is 0 Å². The zero-order valence-electron chi connectivity index (χ0n) is 15.6. The number of sulfonamides is 1. The largest absolute Gasteiger partial charge is 0.325 e. The van der Waals surface area contributed by atoms with E-state index in [-0.39, 0.29) is 10.8 Å². The van der Waals surface area contributed by atoms with E-state index in [0.717, 1.165) is 10.5 Å². The number of benzene rings is 2. The van der Waals surface area contributed by atoms with Crippen LogP contribution in [-0.2, 0) is 14.8 Å². The first-order chi connectivity index (χ1) is 12.9. The van der Waals surface area contributed by atoms with Crippen molar-refractivity contribution in [3.05, 3.63) is 54.1 Å². The monoisotopic (exact) mass is 424 g/mol. The Hall–Kier alpha value is -1.48. The molecule has 2 aromatic rings. The molecule has 1 atom stereocenters. The van der Waals surface area contributed by atoms with E-state index < -0.39 is 16.1 Å². The van der Waals surface area contributed by atoms with E-state index in [1.54, 1.807) is 53.9 Å². The van der Waals surface area contributed by atoms with Gasteiger partial charge in [-0.1, -0.05) is 23.8 Å². The zero-order chi connectivity index (χ0) is 19.9. The molecule has 0 heterocycles. The normalized spacial score (nSPS) is 12.6. The minimum atomic E-state index is -3.78. The fraction of sp³-hybridized carbons (Fsp3) is 0.316. The van der Waals surface area contributed by atoms with E-state index in [1.807, 2.05) is 37.6 Å². The van der Waals surface area contributed by atoms with Crippen LogP contribution in [0.1, 0.15) is 12.0 Å². The van der Waals surface area contributed by atoms with Gasteiger partial charge in [0, 0.05) is 10.6 Å². The molecule has 1 amide bonds. The Kier molecular flexibility index (Phi) is 8.22. The van der Waals surface area contributed by atoms with E-state index in [4.69, 9.17) is 0 Å². The highest BCUT2D eigenvalue weighted by molar-refractivity contribution is 7.98. The average Bonchev–Trinajstić information content (AvgIpc) is 2.65. The Balaban J connectivity index is 2.17. The van der Waals surface area contributed by atoms with Crippen LogP contribution < -0.4 is 10.0 Å². The molecule has 8 heteroatoms. The summed E-state index contributed by atoms with van der Waals surface area (Å²) in [7, 11) is -3.78. The number of carbonyl (C=O) groups excluding carboxylic acids is 1. The molecular formula is C19H24N2O3S3. The van der Waals surface area contributed by atoms with Gasteiger partial charge in [0.25, 0.3) is 0 Å².